The molecule has 2 aromatic carbocycles. The maximum atomic E-state index is 12.4. The van der Waals surface area contributed by atoms with Crippen molar-refractivity contribution < 1.29 is 14.3 Å². The Labute approximate surface area is 153 Å². The molecule has 0 spiro atoms. The lowest BCUT2D eigenvalue weighted by Gasteiger charge is -2.06. The van der Waals surface area contributed by atoms with E-state index < -0.39 is 0 Å². The Morgan fingerprint density at radius 2 is 1.88 bits per heavy atom. The maximum absolute atomic E-state index is 12.4. The van der Waals surface area contributed by atoms with Crippen molar-refractivity contribution in [2.45, 2.75) is 32.6 Å². The minimum absolute atomic E-state index is 0.145. The molecule has 0 radical (unpaired) electrons. The molecule has 3 nitrogen and oxygen atoms in total. The topological polar surface area (TPSA) is 35.5 Å². The summed E-state index contributed by atoms with van der Waals surface area (Å²) >= 11 is 5.94. The predicted molar refractivity (Wildman–Crippen MR) is 100 cm³/mol. The Hall–Kier alpha value is -2.26. The number of carbonyl (C=O) groups is 1. The van der Waals surface area contributed by atoms with Crippen molar-refractivity contribution in [3.05, 3.63) is 64.4 Å². The van der Waals surface area contributed by atoms with E-state index in [0.717, 1.165) is 24.3 Å². The zero-order valence-corrected chi connectivity index (χ0v) is 15.0. The molecule has 4 heteroatoms. The first kappa shape index (κ1) is 17.6. The fourth-order valence-corrected chi connectivity index (χ4v) is 2.86. The fraction of sp³-hybridized carbons (Fsp3) is 0.286. The molecule has 0 atom stereocenters. The molecule has 0 aromatic heterocycles. The second kappa shape index (κ2) is 8.21. The normalized spacial score (nSPS) is 14.5. The molecule has 3 rings (SSSR count). The summed E-state index contributed by atoms with van der Waals surface area (Å²) in [7, 11) is 0. The number of hydrogen-bond acceptors (Lipinski definition) is 3. The summed E-state index contributed by atoms with van der Waals surface area (Å²) in [5.41, 5.74) is 1.39. The van der Waals surface area contributed by atoms with E-state index in [1.807, 2.05) is 24.3 Å². The summed E-state index contributed by atoms with van der Waals surface area (Å²) < 4.78 is 11.4. The van der Waals surface area contributed by atoms with Crippen molar-refractivity contribution in [3.63, 3.8) is 0 Å². The molecule has 1 aliphatic heterocycles. The average Bonchev–Trinajstić information content (AvgIpc) is 2.92. The molecule has 0 saturated heterocycles. The number of allylic oxidation sites excluding steroid dienone is 1. The van der Waals surface area contributed by atoms with Crippen molar-refractivity contribution in [1.29, 1.82) is 0 Å². The van der Waals surface area contributed by atoms with Crippen LogP contribution in [-0.4, -0.2) is 12.4 Å². The second-order valence-electron chi connectivity index (χ2n) is 6.06. The predicted octanol–water partition coefficient (Wildman–Crippen LogP) is 5.92. The smallest absolute Gasteiger partial charge is 0.232 e. The molecule has 1 heterocycles. The zero-order valence-electron chi connectivity index (χ0n) is 14.3. The monoisotopic (exact) mass is 356 g/mol. The van der Waals surface area contributed by atoms with Crippen LogP contribution in [0.15, 0.2) is 48.2 Å². The molecule has 0 amide bonds. The van der Waals surface area contributed by atoms with Crippen LogP contribution in [0.5, 0.6) is 11.5 Å². The van der Waals surface area contributed by atoms with Gasteiger partial charge >= 0.3 is 0 Å². The van der Waals surface area contributed by atoms with Gasteiger partial charge in [-0.3, -0.25) is 4.79 Å². The number of ether oxygens (including phenoxy) is 2. The highest BCUT2D eigenvalue weighted by atomic mass is 35.5. The quantitative estimate of drug-likeness (QED) is 0.456. The highest BCUT2D eigenvalue weighted by molar-refractivity contribution is 6.31. The molecule has 2 aromatic rings. The van der Waals surface area contributed by atoms with Gasteiger partial charge in [0, 0.05) is 5.02 Å². The number of unbranched alkanes of at least 4 members (excludes halogenated alkanes) is 3. The maximum Gasteiger partial charge on any atom is 0.232 e. The van der Waals surface area contributed by atoms with E-state index in [1.165, 1.54) is 19.3 Å². The minimum atomic E-state index is -0.145. The molecule has 0 saturated carbocycles. The first-order valence-electron chi connectivity index (χ1n) is 8.64. The van der Waals surface area contributed by atoms with Crippen molar-refractivity contribution in [3.8, 4) is 11.5 Å². The molecular formula is C21H21ClO3. The van der Waals surface area contributed by atoms with Gasteiger partial charge in [-0.2, -0.15) is 0 Å². The molecule has 0 fully saturated rings. The average molecular weight is 357 g/mol. The number of halogens is 1. The molecule has 130 valence electrons. The molecule has 0 aliphatic carbocycles. The van der Waals surface area contributed by atoms with Gasteiger partial charge < -0.3 is 9.47 Å². The minimum Gasteiger partial charge on any atom is -0.494 e. The second-order valence-corrected chi connectivity index (χ2v) is 6.49. The van der Waals surface area contributed by atoms with E-state index in [1.54, 1.807) is 24.3 Å². The van der Waals surface area contributed by atoms with Crippen LogP contribution in [0.4, 0.5) is 0 Å². The van der Waals surface area contributed by atoms with E-state index in [9.17, 15) is 4.79 Å². The molecule has 0 N–H and O–H groups in total. The lowest BCUT2D eigenvalue weighted by Crippen LogP contribution is -1.98. The van der Waals surface area contributed by atoms with Crippen molar-refractivity contribution in [2.75, 3.05) is 6.61 Å². The van der Waals surface area contributed by atoms with E-state index in [4.69, 9.17) is 21.1 Å². The van der Waals surface area contributed by atoms with Crippen molar-refractivity contribution in [2.24, 2.45) is 0 Å². The summed E-state index contributed by atoms with van der Waals surface area (Å²) in [4.78, 5) is 12.4. The van der Waals surface area contributed by atoms with Gasteiger partial charge in [0.15, 0.2) is 5.76 Å². The number of hydrogen-bond donors (Lipinski definition) is 0. The third kappa shape index (κ3) is 4.43. The summed E-state index contributed by atoms with van der Waals surface area (Å²) in [6, 6.07) is 12.7. The molecule has 0 bridgehead atoms. The highest BCUT2D eigenvalue weighted by Crippen LogP contribution is 2.33. The van der Waals surface area contributed by atoms with Gasteiger partial charge in [-0.1, -0.05) is 49.9 Å². The lowest BCUT2D eigenvalue weighted by molar-refractivity contribution is 0.101. The third-order valence-corrected chi connectivity index (χ3v) is 4.31. The Balaban J connectivity index is 1.62. The van der Waals surface area contributed by atoms with Crippen LogP contribution < -0.4 is 9.47 Å². The Kier molecular flexibility index (Phi) is 5.77. The van der Waals surface area contributed by atoms with Crippen LogP contribution in [0.2, 0.25) is 5.02 Å². The van der Waals surface area contributed by atoms with Gasteiger partial charge in [0.2, 0.25) is 5.78 Å². The number of benzene rings is 2. The summed E-state index contributed by atoms with van der Waals surface area (Å²) in [6.07, 6.45) is 6.48. The van der Waals surface area contributed by atoms with Crippen LogP contribution >= 0.6 is 11.6 Å². The van der Waals surface area contributed by atoms with Crippen LogP contribution in [0.3, 0.4) is 0 Å². The molecule has 1 aliphatic rings. The summed E-state index contributed by atoms with van der Waals surface area (Å²) in [5, 5.41) is 0.525. The summed E-state index contributed by atoms with van der Waals surface area (Å²) in [6.45, 7) is 2.93. The Morgan fingerprint density at radius 3 is 2.64 bits per heavy atom. The first-order chi connectivity index (χ1) is 12.2. The Bertz CT molecular complexity index is 778. The molecule has 0 unspecified atom stereocenters. The van der Waals surface area contributed by atoms with E-state index >= 15 is 0 Å². The Morgan fingerprint density at radius 1 is 1.08 bits per heavy atom. The molecule has 25 heavy (non-hydrogen) atoms. The van der Waals surface area contributed by atoms with E-state index in [2.05, 4.69) is 6.92 Å². The van der Waals surface area contributed by atoms with Gasteiger partial charge in [0.25, 0.3) is 0 Å². The molecular weight excluding hydrogens is 336 g/mol. The highest BCUT2D eigenvalue weighted by Gasteiger charge is 2.27. The number of ketones is 1. The van der Waals surface area contributed by atoms with Crippen LogP contribution in [0.1, 0.15) is 48.5 Å². The van der Waals surface area contributed by atoms with Gasteiger partial charge in [-0.05, 0) is 48.4 Å². The SMILES string of the molecule is CCCCCCOc1ccc(/C=C2\Oc3ccc(Cl)cc3C2=O)cc1. The van der Waals surface area contributed by atoms with Gasteiger partial charge in [-0.15, -0.1) is 0 Å². The number of carbonyl (C=O) groups excluding carboxylic acids is 1. The van der Waals surface area contributed by atoms with Crippen molar-refractivity contribution in [1.82, 2.24) is 0 Å². The van der Waals surface area contributed by atoms with Crippen LogP contribution in [0.25, 0.3) is 6.08 Å². The number of rotatable bonds is 7. The zero-order chi connectivity index (χ0) is 17.6. The van der Waals surface area contributed by atoms with Crippen LogP contribution in [0, 0.1) is 0 Å². The van der Waals surface area contributed by atoms with Gasteiger partial charge in [0.05, 0.1) is 12.2 Å². The van der Waals surface area contributed by atoms with E-state index in [-0.39, 0.29) is 5.78 Å². The van der Waals surface area contributed by atoms with E-state index in [0.29, 0.717) is 22.1 Å². The van der Waals surface area contributed by atoms with Gasteiger partial charge in [-0.25, -0.2) is 0 Å². The summed E-state index contributed by atoms with van der Waals surface area (Å²) in [5.74, 6) is 1.55. The largest absolute Gasteiger partial charge is 0.494 e. The van der Waals surface area contributed by atoms with Crippen molar-refractivity contribution >= 4 is 23.5 Å². The fourth-order valence-electron chi connectivity index (χ4n) is 2.69. The van der Waals surface area contributed by atoms with Gasteiger partial charge in [0.1, 0.15) is 11.5 Å². The first-order valence-corrected chi connectivity index (χ1v) is 9.02. The standard InChI is InChI=1S/C21H21ClO3/c1-2-3-4-5-12-24-17-9-6-15(7-10-17)13-20-21(23)18-14-16(22)8-11-19(18)25-20/h6-11,13-14H,2-5,12H2,1H3/b20-13-. The van der Waals surface area contributed by atoms with Crippen LogP contribution in [-0.2, 0) is 0 Å². The number of fused-ring (bicyclic) bond motifs is 1. The third-order valence-electron chi connectivity index (χ3n) is 4.07. The number of Topliss-reactive ketones (excluding diaryl/α,β-unsaturated/α-hetero) is 1. The lowest BCUT2D eigenvalue weighted by atomic mass is 10.1.